The minimum Gasteiger partial charge on any atom is -0.265 e. The maximum absolute atomic E-state index is 6.53. The van der Waals surface area contributed by atoms with Crippen LogP contribution in [-0.2, 0) is 0 Å². The number of halogens is 1. The predicted octanol–water partition coefficient (Wildman–Crippen LogP) is 3.84. The van der Waals surface area contributed by atoms with Gasteiger partial charge in [0.15, 0.2) is 0 Å². The van der Waals surface area contributed by atoms with Gasteiger partial charge in [-0.3, -0.25) is 4.98 Å². The van der Waals surface area contributed by atoms with Gasteiger partial charge in [-0.05, 0) is 48.3 Å². The fourth-order valence-electron chi connectivity index (χ4n) is 2.19. The summed E-state index contributed by atoms with van der Waals surface area (Å²) in [4.78, 5) is 4.04. The van der Waals surface area contributed by atoms with Gasteiger partial charge >= 0.3 is 0 Å². The molecule has 1 aliphatic rings. The molecule has 0 aromatic carbocycles. The Labute approximate surface area is 96.9 Å². The highest BCUT2D eigenvalue weighted by Crippen LogP contribution is 2.43. The van der Waals surface area contributed by atoms with E-state index in [2.05, 4.69) is 31.0 Å². The van der Waals surface area contributed by atoms with E-state index < -0.39 is 0 Å². The molecule has 0 bridgehead atoms. The van der Waals surface area contributed by atoms with Crippen LogP contribution >= 0.6 is 11.6 Å². The number of alkyl halides is 1. The number of aromatic nitrogens is 1. The Kier molecular flexibility index (Phi) is 3.30. The fraction of sp³-hybridized carbons (Fsp3) is 0.615. The second-order valence-electron chi connectivity index (χ2n) is 4.71. The first-order valence-electron chi connectivity index (χ1n) is 5.74. The summed E-state index contributed by atoms with van der Waals surface area (Å²) in [5, 5.41) is 0.250. The van der Waals surface area contributed by atoms with Crippen molar-refractivity contribution in [3.63, 3.8) is 0 Å². The highest BCUT2D eigenvalue weighted by atomic mass is 35.5. The summed E-state index contributed by atoms with van der Waals surface area (Å²) in [5.74, 6) is 1.93. The van der Waals surface area contributed by atoms with Crippen LogP contribution in [0.1, 0.15) is 38.2 Å². The molecule has 0 radical (unpaired) electrons. The lowest BCUT2D eigenvalue weighted by molar-refractivity contribution is 0.442. The smallest absolute Gasteiger partial charge is 0.0430 e. The minimum absolute atomic E-state index is 0.250. The van der Waals surface area contributed by atoms with Gasteiger partial charge < -0.3 is 0 Å². The molecule has 3 atom stereocenters. The molecule has 82 valence electrons. The molecule has 0 spiro atoms. The van der Waals surface area contributed by atoms with Crippen LogP contribution in [0.15, 0.2) is 24.5 Å². The molecule has 1 aliphatic carbocycles. The first kappa shape index (κ1) is 10.9. The molecule has 1 aromatic heterocycles. The zero-order valence-electron chi connectivity index (χ0n) is 9.36. The number of pyridine rings is 1. The number of nitrogens with zero attached hydrogens (tertiary/aromatic N) is 1. The number of hydrogen-bond donors (Lipinski definition) is 0. The third kappa shape index (κ3) is 2.52. The Bertz CT molecular complexity index is 308. The van der Waals surface area contributed by atoms with Crippen molar-refractivity contribution in [2.45, 2.75) is 38.0 Å². The van der Waals surface area contributed by atoms with E-state index in [-0.39, 0.29) is 5.38 Å². The molecular weight excluding hydrogens is 206 g/mol. The highest BCUT2D eigenvalue weighted by molar-refractivity contribution is 6.21. The second kappa shape index (κ2) is 4.52. The van der Waals surface area contributed by atoms with Crippen molar-refractivity contribution in [1.29, 1.82) is 0 Å². The van der Waals surface area contributed by atoms with E-state index in [4.69, 9.17) is 11.6 Å². The zero-order chi connectivity index (χ0) is 10.8. The van der Waals surface area contributed by atoms with Gasteiger partial charge in [-0.25, -0.2) is 0 Å². The zero-order valence-corrected chi connectivity index (χ0v) is 10.1. The fourth-order valence-corrected chi connectivity index (χ4v) is 2.54. The summed E-state index contributed by atoms with van der Waals surface area (Å²) in [6.45, 7) is 4.50. The first-order valence-corrected chi connectivity index (χ1v) is 6.17. The third-order valence-corrected chi connectivity index (χ3v) is 4.35. The monoisotopic (exact) mass is 223 g/mol. The molecule has 1 aromatic rings. The largest absolute Gasteiger partial charge is 0.265 e. The van der Waals surface area contributed by atoms with Crippen molar-refractivity contribution in [2.24, 2.45) is 11.8 Å². The molecule has 1 fully saturated rings. The highest BCUT2D eigenvalue weighted by Gasteiger charge is 2.34. The van der Waals surface area contributed by atoms with Crippen LogP contribution in [0.2, 0.25) is 0 Å². The summed E-state index contributed by atoms with van der Waals surface area (Å²) in [7, 11) is 0. The van der Waals surface area contributed by atoms with E-state index in [1.165, 1.54) is 18.4 Å². The maximum Gasteiger partial charge on any atom is 0.0430 e. The van der Waals surface area contributed by atoms with E-state index >= 15 is 0 Å². The van der Waals surface area contributed by atoms with E-state index in [9.17, 15) is 0 Å². The van der Waals surface area contributed by atoms with Crippen molar-refractivity contribution in [1.82, 2.24) is 4.98 Å². The van der Waals surface area contributed by atoms with Gasteiger partial charge in [0.05, 0.1) is 0 Å². The average Bonchev–Trinajstić information content (AvgIpc) is 3.11. The van der Waals surface area contributed by atoms with Crippen molar-refractivity contribution < 1.29 is 0 Å². The molecule has 15 heavy (non-hydrogen) atoms. The molecule has 0 aliphatic heterocycles. The molecule has 3 unspecified atom stereocenters. The van der Waals surface area contributed by atoms with Gasteiger partial charge in [0, 0.05) is 17.8 Å². The molecule has 1 heterocycles. The Morgan fingerprint density at radius 1 is 1.27 bits per heavy atom. The Morgan fingerprint density at radius 3 is 2.40 bits per heavy atom. The van der Waals surface area contributed by atoms with Gasteiger partial charge in [-0.2, -0.15) is 0 Å². The lowest BCUT2D eigenvalue weighted by Crippen LogP contribution is -2.20. The molecule has 0 N–H and O–H groups in total. The summed E-state index contributed by atoms with van der Waals surface area (Å²) >= 11 is 6.53. The van der Waals surface area contributed by atoms with Crippen LogP contribution in [0.4, 0.5) is 0 Å². The molecule has 2 heteroatoms. The Morgan fingerprint density at radius 2 is 1.87 bits per heavy atom. The maximum atomic E-state index is 6.53. The standard InChI is InChI=1S/C13H18ClN/c1-9(11-3-4-11)13(14)10(2)12-5-7-15-8-6-12/h5-11,13H,3-4H2,1-2H3. The summed E-state index contributed by atoms with van der Waals surface area (Å²) < 4.78 is 0. The van der Waals surface area contributed by atoms with Crippen LogP contribution in [0.3, 0.4) is 0 Å². The van der Waals surface area contributed by atoms with Crippen molar-refractivity contribution in [2.75, 3.05) is 0 Å². The lowest BCUT2D eigenvalue weighted by atomic mass is 9.88. The minimum atomic E-state index is 0.250. The molecule has 1 nitrogen and oxygen atoms in total. The van der Waals surface area contributed by atoms with Crippen molar-refractivity contribution >= 4 is 11.6 Å². The van der Waals surface area contributed by atoms with Gasteiger partial charge in [0.1, 0.15) is 0 Å². The van der Waals surface area contributed by atoms with Gasteiger partial charge in [-0.15, -0.1) is 11.6 Å². The van der Waals surface area contributed by atoms with Crippen LogP contribution < -0.4 is 0 Å². The normalized spacial score (nSPS) is 22.1. The SMILES string of the molecule is CC(c1ccncc1)C(Cl)C(C)C1CC1. The molecule has 2 rings (SSSR count). The molecule has 0 amide bonds. The third-order valence-electron chi connectivity index (χ3n) is 3.58. The summed E-state index contributed by atoms with van der Waals surface area (Å²) in [6.07, 6.45) is 6.43. The first-order chi connectivity index (χ1) is 7.20. The average molecular weight is 224 g/mol. The quantitative estimate of drug-likeness (QED) is 0.707. The van der Waals surface area contributed by atoms with Crippen LogP contribution in [0, 0.1) is 11.8 Å². The second-order valence-corrected chi connectivity index (χ2v) is 5.21. The summed E-state index contributed by atoms with van der Waals surface area (Å²) in [6, 6.07) is 4.14. The van der Waals surface area contributed by atoms with E-state index in [1.807, 2.05) is 12.4 Å². The van der Waals surface area contributed by atoms with Crippen LogP contribution in [0.5, 0.6) is 0 Å². The number of rotatable bonds is 4. The number of hydrogen-bond acceptors (Lipinski definition) is 1. The van der Waals surface area contributed by atoms with E-state index in [0.717, 1.165) is 5.92 Å². The van der Waals surface area contributed by atoms with E-state index in [1.54, 1.807) is 0 Å². The van der Waals surface area contributed by atoms with Crippen LogP contribution in [0.25, 0.3) is 0 Å². The lowest BCUT2D eigenvalue weighted by Gasteiger charge is -2.24. The topological polar surface area (TPSA) is 12.9 Å². The molecular formula is C13H18ClN. The van der Waals surface area contributed by atoms with Gasteiger partial charge in [-0.1, -0.05) is 13.8 Å². The Hall–Kier alpha value is -0.560. The van der Waals surface area contributed by atoms with Gasteiger partial charge in [0.25, 0.3) is 0 Å². The van der Waals surface area contributed by atoms with Crippen molar-refractivity contribution in [3.05, 3.63) is 30.1 Å². The molecule has 0 saturated heterocycles. The van der Waals surface area contributed by atoms with E-state index in [0.29, 0.717) is 11.8 Å². The van der Waals surface area contributed by atoms with Crippen LogP contribution in [-0.4, -0.2) is 10.4 Å². The van der Waals surface area contributed by atoms with Crippen molar-refractivity contribution in [3.8, 4) is 0 Å². The summed E-state index contributed by atoms with van der Waals surface area (Å²) in [5.41, 5.74) is 1.30. The van der Waals surface area contributed by atoms with Gasteiger partial charge in [0.2, 0.25) is 0 Å². The molecule has 1 saturated carbocycles. The predicted molar refractivity (Wildman–Crippen MR) is 64.2 cm³/mol. The Balaban J connectivity index is 2.03.